The molecule has 4 nitrogen and oxygen atoms in total. The molecule has 0 saturated carbocycles. The topological polar surface area (TPSA) is 61.0 Å². The summed E-state index contributed by atoms with van der Waals surface area (Å²) in [6, 6.07) is 10.3. The number of rotatable bonds is 2. The van der Waals surface area contributed by atoms with Gasteiger partial charge in [-0.15, -0.1) is 0 Å². The van der Waals surface area contributed by atoms with Gasteiger partial charge in [-0.3, -0.25) is 0 Å². The van der Waals surface area contributed by atoms with Gasteiger partial charge in [-0.25, -0.2) is 13.8 Å². The van der Waals surface area contributed by atoms with Crippen LogP contribution >= 0.6 is 0 Å². The van der Waals surface area contributed by atoms with Gasteiger partial charge in [0.15, 0.2) is 11.6 Å². The molecule has 0 radical (unpaired) electrons. The van der Waals surface area contributed by atoms with Gasteiger partial charge in [0.1, 0.15) is 5.75 Å². The van der Waals surface area contributed by atoms with E-state index in [4.69, 9.17) is 10.5 Å². The molecule has 0 bridgehead atoms. The molecule has 3 aromatic rings. The molecule has 0 fully saturated rings. The first-order chi connectivity index (χ1) is 9.63. The summed E-state index contributed by atoms with van der Waals surface area (Å²) < 4.78 is 31.5. The molecule has 0 aliphatic heterocycles. The maximum absolute atomic E-state index is 13.2. The maximum atomic E-state index is 13.2. The van der Waals surface area contributed by atoms with Gasteiger partial charge in [-0.1, -0.05) is 12.1 Å². The van der Waals surface area contributed by atoms with Crippen molar-refractivity contribution >= 4 is 16.9 Å². The number of ether oxygens (including phenoxy) is 1. The molecule has 20 heavy (non-hydrogen) atoms. The number of halogens is 2. The van der Waals surface area contributed by atoms with Crippen LogP contribution in [0.15, 0.2) is 42.5 Å². The summed E-state index contributed by atoms with van der Waals surface area (Å²) in [6.07, 6.45) is 0. The van der Waals surface area contributed by atoms with Crippen molar-refractivity contribution < 1.29 is 13.5 Å². The van der Waals surface area contributed by atoms with E-state index in [-0.39, 0.29) is 17.6 Å². The Balaban J connectivity index is 2.07. The molecule has 3 rings (SSSR count). The first kappa shape index (κ1) is 12.3. The van der Waals surface area contributed by atoms with Crippen LogP contribution in [0.25, 0.3) is 10.9 Å². The van der Waals surface area contributed by atoms with Gasteiger partial charge in [0.2, 0.25) is 11.8 Å². The Hall–Kier alpha value is -2.76. The number of nitrogens with two attached hydrogens (primary N) is 1. The van der Waals surface area contributed by atoms with Crippen LogP contribution in [0.3, 0.4) is 0 Å². The van der Waals surface area contributed by atoms with Crippen molar-refractivity contribution in [2.24, 2.45) is 0 Å². The molecule has 0 amide bonds. The third-order valence-electron chi connectivity index (χ3n) is 2.69. The van der Waals surface area contributed by atoms with E-state index in [1.165, 1.54) is 6.07 Å². The fourth-order valence-electron chi connectivity index (χ4n) is 1.79. The summed E-state index contributed by atoms with van der Waals surface area (Å²) in [5, 5.41) is 0.631. The van der Waals surface area contributed by atoms with Gasteiger partial charge >= 0.3 is 0 Å². The fraction of sp³-hybridized carbons (Fsp3) is 0. The Morgan fingerprint density at radius 1 is 0.950 bits per heavy atom. The maximum Gasteiger partial charge on any atom is 0.231 e. The zero-order valence-electron chi connectivity index (χ0n) is 10.2. The molecule has 1 heterocycles. The second-order valence-corrected chi connectivity index (χ2v) is 4.08. The van der Waals surface area contributed by atoms with E-state index < -0.39 is 11.6 Å². The molecule has 0 atom stereocenters. The number of fused-ring (bicyclic) bond motifs is 1. The molecule has 100 valence electrons. The summed E-state index contributed by atoms with van der Waals surface area (Å²) in [5.41, 5.74) is 6.20. The zero-order chi connectivity index (χ0) is 14.1. The average molecular weight is 273 g/mol. The largest absolute Gasteiger partial charge is 0.438 e. The third-order valence-corrected chi connectivity index (χ3v) is 2.69. The van der Waals surface area contributed by atoms with Crippen molar-refractivity contribution in [1.29, 1.82) is 0 Å². The normalized spacial score (nSPS) is 10.7. The lowest BCUT2D eigenvalue weighted by Crippen LogP contribution is -1.99. The first-order valence-corrected chi connectivity index (χ1v) is 5.78. The monoisotopic (exact) mass is 273 g/mol. The van der Waals surface area contributed by atoms with Crippen LogP contribution in [0.2, 0.25) is 0 Å². The smallest absolute Gasteiger partial charge is 0.231 e. The first-order valence-electron chi connectivity index (χ1n) is 5.78. The van der Waals surface area contributed by atoms with E-state index in [1.54, 1.807) is 24.3 Å². The molecular weight excluding hydrogens is 264 g/mol. The van der Waals surface area contributed by atoms with E-state index in [9.17, 15) is 8.78 Å². The number of para-hydroxylation sites is 1. The number of anilines is 1. The Morgan fingerprint density at radius 3 is 2.55 bits per heavy atom. The van der Waals surface area contributed by atoms with E-state index in [2.05, 4.69) is 9.97 Å². The van der Waals surface area contributed by atoms with Crippen molar-refractivity contribution in [3.8, 4) is 11.6 Å². The fourth-order valence-corrected chi connectivity index (χ4v) is 1.79. The molecule has 1 aromatic heterocycles. The highest BCUT2D eigenvalue weighted by Crippen LogP contribution is 2.28. The van der Waals surface area contributed by atoms with Crippen LogP contribution < -0.4 is 10.5 Å². The third kappa shape index (κ3) is 2.23. The Bertz CT molecular complexity index is 792. The second-order valence-electron chi connectivity index (χ2n) is 4.08. The van der Waals surface area contributed by atoms with Crippen LogP contribution in [0.1, 0.15) is 0 Å². The number of aromatic nitrogens is 2. The van der Waals surface area contributed by atoms with Crippen molar-refractivity contribution in [2.75, 3.05) is 5.73 Å². The van der Waals surface area contributed by atoms with Crippen LogP contribution in [0.5, 0.6) is 11.6 Å². The molecule has 6 heteroatoms. The molecule has 0 saturated heterocycles. The van der Waals surface area contributed by atoms with Crippen molar-refractivity contribution in [2.45, 2.75) is 0 Å². The summed E-state index contributed by atoms with van der Waals surface area (Å²) in [6.45, 7) is 0. The number of benzene rings is 2. The van der Waals surface area contributed by atoms with Gasteiger partial charge in [0.05, 0.1) is 10.9 Å². The SMILES string of the molecule is Nc1nc(Oc2ccc(F)c(F)c2)c2ccccc2n1. The van der Waals surface area contributed by atoms with Gasteiger partial charge in [0.25, 0.3) is 0 Å². The molecule has 0 unspecified atom stereocenters. The molecule has 0 aliphatic carbocycles. The highest BCUT2D eigenvalue weighted by molar-refractivity contribution is 5.84. The predicted octanol–water partition coefficient (Wildman–Crippen LogP) is 3.28. The van der Waals surface area contributed by atoms with Gasteiger partial charge in [0, 0.05) is 6.07 Å². The highest BCUT2D eigenvalue weighted by atomic mass is 19.2. The van der Waals surface area contributed by atoms with E-state index in [0.717, 1.165) is 12.1 Å². The standard InChI is InChI=1S/C14H9F2N3O/c15-10-6-5-8(7-11(10)16)20-13-9-3-1-2-4-12(9)18-14(17)19-13/h1-7H,(H2,17,18,19). The molecule has 0 spiro atoms. The highest BCUT2D eigenvalue weighted by Gasteiger charge is 2.10. The van der Waals surface area contributed by atoms with Crippen LogP contribution in [0, 0.1) is 11.6 Å². The van der Waals surface area contributed by atoms with Crippen LogP contribution in [-0.4, -0.2) is 9.97 Å². The van der Waals surface area contributed by atoms with E-state index in [0.29, 0.717) is 10.9 Å². The van der Waals surface area contributed by atoms with Crippen LogP contribution in [0.4, 0.5) is 14.7 Å². The number of hydrogen-bond acceptors (Lipinski definition) is 4. The van der Waals surface area contributed by atoms with Crippen molar-refractivity contribution in [3.05, 3.63) is 54.1 Å². The summed E-state index contributed by atoms with van der Waals surface area (Å²) in [7, 11) is 0. The minimum atomic E-state index is -0.992. The number of nitrogens with zero attached hydrogens (tertiary/aromatic N) is 2. The Morgan fingerprint density at radius 2 is 1.75 bits per heavy atom. The minimum Gasteiger partial charge on any atom is -0.438 e. The number of hydrogen-bond donors (Lipinski definition) is 1. The van der Waals surface area contributed by atoms with Gasteiger partial charge in [-0.05, 0) is 24.3 Å². The Labute approximate surface area is 112 Å². The van der Waals surface area contributed by atoms with Crippen LogP contribution in [-0.2, 0) is 0 Å². The van der Waals surface area contributed by atoms with Gasteiger partial charge in [-0.2, -0.15) is 4.98 Å². The van der Waals surface area contributed by atoms with Crippen molar-refractivity contribution in [3.63, 3.8) is 0 Å². The average Bonchev–Trinajstić information content (AvgIpc) is 2.43. The minimum absolute atomic E-state index is 0.0429. The summed E-state index contributed by atoms with van der Waals surface area (Å²) in [5.74, 6) is -1.56. The van der Waals surface area contributed by atoms with Crippen molar-refractivity contribution in [1.82, 2.24) is 9.97 Å². The predicted molar refractivity (Wildman–Crippen MR) is 70.4 cm³/mol. The summed E-state index contributed by atoms with van der Waals surface area (Å²) in [4.78, 5) is 8.04. The molecule has 0 aliphatic rings. The lowest BCUT2D eigenvalue weighted by atomic mass is 10.2. The number of nitrogen functional groups attached to an aromatic ring is 1. The summed E-state index contributed by atoms with van der Waals surface area (Å²) >= 11 is 0. The second kappa shape index (κ2) is 4.73. The van der Waals surface area contributed by atoms with Gasteiger partial charge < -0.3 is 10.5 Å². The molecule has 2 aromatic carbocycles. The molecular formula is C14H9F2N3O. The van der Waals surface area contributed by atoms with E-state index >= 15 is 0 Å². The molecule has 2 N–H and O–H groups in total. The lowest BCUT2D eigenvalue weighted by molar-refractivity contribution is 0.452. The quantitative estimate of drug-likeness (QED) is 0.778. The Kier molecular flexibility index (Phi) is 2.90. The van der Waals surface area contributed by atoms with E-state index in [1.807, 2.05) is 0 Å². The lowest BCUT2D eigenvalue weighted by Gasteiger charge is -2.08. The zero-order valence-corrected chi connectivity index (χ0v) is 10.2.